The molecular weight excluding hydrogens is 304 g/mol. The number of halogens is 1. The molecule has 0 radical (unpaired) electrons. The minimum Gasteiger partial charge on any atom is -0.324 e. The van der Waals surface area contributed by atoms with E-state index in [4.69, 9.17) is 16.6 Å². The summed E-state index contributed by atoms with van der Waals surface area (Å²) < 4.78 is 2.32. The van der Waals surface area contributed by atoms with Crippen LogP contribution >= 0.6 is 11.6 Å². The summed E-state index contributed by atoms with van der Waals surface area (Å²) in [5.74, 6) is 1.62. The molecule has 0 spiro atoms. The highest BCUT2D eigenvalue weighted by Gasteiger charge is 2.10. The van der Waals surface area contributed by atoms with E-state index in [1.807, 2.05) is 30.3 Å². The molecule has 0 bridgehead atoms. The van der Waals surface area contributed by atoms with Crippen LogP contribution < -0.4 is 0 Å². The number of nitrogens with zero attached hydrogens (tertiary/aromatic N) is 2. The molecule has 3 heteroatoms. The van der Waals surface area contributed by atoms with E-state index in [-0.39, 0.29) is 0 Å². The van der Waals surface area contributed by atoms with Crippen molar-refractivity contribution in [3.8, 4) is 0 Å². The summed E-state index contributed by atoms with van der Waals surface area (Å²) in [5, 5.41) is 0.756. The van der Waals surface area contributed by atoms with Crippen LogP contribution in [-0.2, 0) is 6.54 Å². The van der Waals surface area contributed by atoms with E-state index >= 15 is 0 Å². The largest absolute Gasteiger partial charge is 0.324 e. The molecule has 3 aromatic rings. The number of hydrogen-bond donors (Lipinski definition) is 0. The summed E-state index contributed by atoms with van der Waals surface area (Å²) in [6.07, 6.45) is 5.34. The molecular formula is C20H21ClN2. The average Bonchev–Trinajstić information content (AvgIpc) is 2.92. The van der Waals surface area contributed by atoms with Crippen LogP contribution in [0.25, 0.3) is 23.2 Å². The first kappa shape index (κ1) is 15.8. The van der Waals surface area contributed by atoms with Crippen molar-refractivity contribution in [2.75, 3.05) is 0 Å². The zero-order chi connectivity index (χ0) is 16.2. The van der Waals surface area contributed by atoms with Gasteiger partial charge in [-0.05, 0) is 41.8 Å². The summed E-state index contributed by atoms with van der Waals surface area (Å²) in [6.45, 7) is 5.49. The van der Waals surface area contributed by atoms with Gasteiger partial charge in [-0.2, -0.15) is 0 Å². The fourth-order valence-corrected chi connectivity index (χ4v) is 2.72. The molecule has 1 aromatic heterocycles. The third kappa shape index (κ3) is 3.65. The Bertz CT molecular complexity index is 815. The van der Waals surface area contributed by atoms with Gasteiger partial charge in [0.15, 0.2) is 0 Å². The molecule has 2 aromatic carbocycles. The number of hydrogen-bond acceptors (Lipinski definition) is 1. The Morgan fingerprint density at radius 3 is 2.57 bits per heavy atom. The van der Waals surface area contributed by atoms with Gasteiger partial charge in [0.25, 0.3) is 0 Å². The summed E-state index contributed by atoms with van der Waals surface area (Å²) in [4.78, 5) is 4.78. The van der Waals surface area contributed by atoms with Gasteiger partial charge in [-0.1, -0.05) is 62.2 Å². The second kappa shape index (κ2) is 7.01. The van der Waals surface area contributed by atoms with Gasteiger partial charge in [-0.3, -0.25) is 0 Å². The van der Waals surface area contributed by atoms with Crippen molar-refractivity contribution in [1.29, 1.82) is 0 Å². The van der Waals surface area contributed by atoms with Gasteiger partial charge < -0.3 is 4.57 Å². The molecule has 0 saturated heterocycles. The third-order valence-electron chi connectivity index (χ3n) is 4.17. The molecule has 2 nitrogen and oxygen atoms in total. The van der Waals surface area contributed by atoms with E-state index in [1.54, 1.807) is 0 Å². The summed E-state index contributed by atoms with van der Waals surface area (Å²) in [7, 11) is 0. The minimum absolute atomic E-state index is 0.621. The maximum atomic E-state index is 5.94. The third-order valence-corrected chi connectivity index (χ3v) is 4.42. The molecule has 0 aliphatic heterocycles. The highest BCUT2D eigenvalue weighted by Crippen LogP contribution is 2.21. The van der Waals surface area contributed by atoms with Gasteiger partial charge in [0.2, 0.25) is 0 Å². The Morgan fingerprint density at radius 1 is 1.09 bits per heavy atom. The lowest BCUT2D eigenvalue weighted by atomic mass is 10.1. The minimum atomic E-state index is 0.621. The molecule has 1 heterocycles. The van der Waals surface area contributed by atoms with E-state index < -0.39 is 0 Å². The quantitative estimate of drug-likeness (QED) is 0.570. The van der Waals surface area contributed by atoms with Crippen molar-refractivity contribution in [3.05, 3.63) is 64.9 Å². The molecule has 0 aliphatic rings. The number of fused-ring (bicyclic) bond motifs is 1. The first-order valence-corrected chi connectivity index (χ1v) is 8.44. The van der Waals surface area contributed by atoms with Crippen LogP contribution in [0.15, 0.2) is 48.5 Å². The van der Waals surface area contributed by atoms with Gasteiger partial charge in [0.1, 0.15) is 5.82 Å². The second-order valence-electron chi connectivity index (χ2n) is 5.97. The number of rotatable bonds is 5. The average molecular weight is 325 g/mol. The van der Waals surface area contributed by atoms with Gasteiger partial charge in [-0.25, -0.2) is 4.98 Å². The van der Waals surface area contributed by atoms with Crippen molar-refractivity contribution in [2.24, 2.45) is 5.92 Å². The van der Waals surface area contributed by atoms with Crippen molar-refractivity contribution < 1.29 is 0 Å². The number of imidazole rings is 1. The van der Waals surface area contributed by atoms with Gasteiger partial charge >= 0.3 is 0 Å². The lowest BCUT2D eigenvalue weighted by molar-refractivity contribution is 0.474. The molecule has 0 aliphatic carbocycles. The maximum Gasteiger partial charge on any atom is 0.133 e. The highest BCUT2D eigenvalue weighted by atomic mass is 35.5. The van der Waals surface area contributed by atoms with Crippen LogP contribution in [0.3, 0.4) is 0 Å². The Hall–Kier alpha value is -2.06. The van der Waals surface area contributed by atoms with Gasteiger partial charge in [0, 0.05) is 11.6 Å². The van der Waals surface area contributed by atoms with Crippen molar-refractivity contribution >= 4 is 34.8 Å². The van der Waals surface area contributed by atoms with Crippen LogP contribution in [0.2, 0.25) is 5.02 Å². The van der Waals surface area contributed by atoms with Crippen molar-refractivity contribution in [1.82, 2.24) is 9.55 Å². The molecule has 23 heavy (non-hydrogen) atoms. The Labute approximate surface area is 142 Å². The monoisotopic (exact) mass is 324 g/mol. The first-order chi connectivity index (χ1) is 11.2. The van der Waals surface area contributed by atoms with E-state index in [1.165, 1.54) is 5.52 Å². The fourth-order valence-electron chi connectivity index (χ4n) is 2.60. The molecule has 1 atom stereocenters. The summed E-state index contributed by atoms with van der Waals surface area (Å²) >= 11 is 5.94. The van der Waals surface area contributed by atoms with Crippen molar-refractivity contribution in [3.63, 3.8) is 0 Å². The zero-order valence-corrected chi connectivity index (χ0v) is 14.3. The maximum absolute atomic E-state index is 5.94. The Balaban J connectivity index is 1.98. The lowest BCUT2D eigenvalue weighted by Crippen LogP contribution is -2.08. The molecule has 0 N–H and O–H groups in total. The number of aromatic nitrogens is 2. The predicted molar refractivity (Wildman–Crippen MR) is 99.6 cm³/mol. The Morgan fingerprint density at radius 2 is 1.83 bits per heavy atom. The summed E-state index contributed by atoms with van der Waals surface area (Å²) in [5.41, 5.74) is 3.37. The summed E-state index contributed by atoms with van der Waals surface area (Å²) in [6, 6.07) is 16.2. The van der Waals surface area contributed by atoms with Gasteiger partial charge in [0.05, 0.1) is 11.0 Å². The van der Waals surface area contributed by atoms with Crippen LogP contribution in [0.1, 0.15) is 31.7 Å². The SMILES string of the molecule is CCC(C)Cn1c(/C=C/c2ccc(Cl)cc2)nc2ccccc21. The van der Waals surface area contributed by atoms with E-state index in [0.29, 0.717) is 5.92 Å². The van der Waals surface area contributed by atoms with E-state index in [2.05, 4.69) is 48.8 Å². The normalized spacial score (nSPS) is 13.0. The van der Waals surface area contributed by atoms with Crippen LogP contribution in [0.5, 0.6) is 0 Å². The second-order valence-corrected chi connectivity index (χ2v) is 6.40. The number of para-hydroxylation sites is 2. The standard InChI is InChI=1S/C20H21ClN2/c1-3-15(2)14-23-19-7-5-4-6-18(19)22-20(23)13-10-16-8-11-17(21)12-9-16/h4-13,15H,3,14H2,1-2H3/b13-10+. The molecule has 118 valence electrons. The highest BCUT2D eigenvalue weighted by molar-refractivity contribution is 6.30. The smallest absolute Gasteiger partial charge is 0.133 e. The lowest BCUT2D eigenvalue weighted by Gasteiger charge is -2.12. The Kier molecular flexibility index (Phi) is 4.82. The molecule has 3 rings (SSSR count). The predicted octanol–water partition coefficient (Wildman–Crippen LogP) is 5.91. The molecule has 0 fully saturated rings. The molecule has 0 saturated carbocycles. The van der Waals surface area contributed by atoms with Crippen LogP contribution in [0.4, 0.5) is 0 Å². The molecule has 0 amide bonds. The first-order valence-electron chi connectivity index (χ1n) is 8.06. The topological polar surface area (TPSA) is 17.8 Å². The van der Waals surface area contributed by atoms with Crippen LogP contribution in [0, 0.1) is 5.92 Å². The van der Waals surface area contributed by atoms with Gasteiger partial charge in [-0.15, -0.1) is 0 Å². The van der Waals surface area contributed by atoms with Crippen LogP contribution in [-0.4, -0.2) is 9.55 Å². The van der Waals surface area contributed by atoms with E-state index in [9.17, 15) is 0 Å². The fraction of sp³-hybridized carbons (Fsp3) is 0.250. The molecule has 1 unspecified atom stereocenters. The zero-order valence-electron chi connectivity index (χ0n) is 13.5. The van der Waals surface area contributed by atoms with E-state index in [0.717, 1.165) is 34.9 Å². The van der Waals surface area contributed by atoms with Crippen molar-refractivity contribution in [2.45, 2.75) is 26.8 Å². The number of benzene rings is 2.